The fourth-order valence-corrected chi connectivity index (χ4v) is 2.52. The minimum atomic E-state index is 0.253. The zero-order valence-electron chi connectivity index (χ0n) is 12.6. The van der Waals surface area contributed by atoms with Gasteiger partial charge in [0.25, 0.3) is 0 Å². The van der Waals surface area contributed by atoms with Crippen LogP contribution in [0.15, 0.2) is 0 Å². The van der Waals surface area contributed by atoms with Crippen molar-refractivity contribution in [3.8, 4) is 0 Å². The van der Waals surface area contributed by atoms with Crippen molar-refractivity contribution in [3.05, 3.63) is 0 Å². The van der Waals surface area contributed by atoms with Crippen molar-refractivity contribution >= 4 is 0 Å². The van der Waals surface area contributed by atoms with Gasteiger partial charge in [0.05, 0.1) is 0 Å². The lowest BCUT2D eigenvalue weighted by atomic mass is 10.1. The van der Waals surface area contributed by atoms with Crippen LogP contribution in [0.1, 0.15) is 34.1 Å². The third-order valence-electron chi connectivity index (χ3n) is 3.49. The Bertz CT molecular complexity index is 220. The average molecular weight is 241 g/mol. The molecule has 0 aromatic carbocycles. The van der Waals surface area contributed by atoms with Gasteiger partial charge in [-0.15, -0.1) is 0 Å². The van der Waals surface area contributed by atoms with Crippen LogP contribution in [0.25, 0.3) is 0 Å². The Morgan fingerprint density at radius 2 is 2.00 bits per heavy atom. The minimum Gasteiger partial charge on any atom is -0.312 e. The highest BCUT2D eigenvalue weighted by Gasteiger charge is 2.26. The Hall–Kier alpha value is -0.120. The van der Waals surface area contributed by atoms with Gasteiger partial charge in [0.1, 0.15) is 0 Å². The number of likely N-dealkylation sites (N-methyl/N-ethyl adjacent to an activating group) is 1. The summed E-state index contributed by atoms with van der Waals surface area (Å²) in [5, 5.41) is 3.63. The Labute approximate surface area is 108 Å². The van der Waals surface area contributed by atoms with E-state index in [1.54, 1.807) is 0 Å². The molecule has 1 aliphatic heterocycles. The van der Waals surface area contributed by atoms with Crippen LogP contribution >= 0.6 is 0 Å². The summed E-state index contributed by atoms with van der Waals surface area (Å²) >= 11 is 0. The zero-order valence-corrected chi connectivity index (χ0v) is 12.6. The minimum absolute atomic E-state index is 0.253. The topological polar surface area (TPSA) is 18.5 Å². The molecule has 1 fully saturated rings. The van der Waals surface area contributed by atoms with Crippen LogP contribution in [0.2, 0.25) is 0 Å². The van der Waals surface area contributed by atoms with Gasteiger partial charge in [0.2, 0.25) is 0 Å². The van der Waals surface area contributed by atoms with Crippen LogP contribution < -0.4 is 5.32 Å². The second-order valence-corrected chi connectivity index (χ2v) is 6.89. The monoisotopic (exact) mass is 241 g/mol. The molecule has 0 aromatic rings. The molecule has 2 unspecified atom stereocenters. The van der Waals surface area contributed by atoms with Gasteiger partial charge in [-0.2, -0.15) is 0 Å². The number of likely N-dealkylation sites (tertiary alicyclic amines) is 1. The highest BCUT2D eigenvalue weighted by atomic mass is 15.2. The smallest absolute Gasteiger partial charge is 0.0194 e. The highest BCUT2D eigenvalue weighted by Crippen LogP contribution is 2.19. The van der Waals surface area contributed by atoms with Crippen molar-refractivity contribution in [2.75, 3.05) is 40.3 Å². The lowest BCUT2D eigenvalue weighted by Crippen LogP contribution is -2.41. The summed E-state index contributed by atoms with van der Waals surface area (Å²) < 4.78 is 0. The van der Waals surface area contributed by atoms with Crippen molar-refractivity contribution in [2.45, 2.75) is 45.7 Å². The molecule has 0 radical (unpaired) electrons. The third kappa shape index (κ3) is 5.84. The first-order valence-corrected chi connectivity index (χ1v) is 6.92. The molecular formula is C14H31N3. The van der Waals surface area contributed by atoms with Gasteiger partial charge >= 0.3 is 0 Å². The summed E-state index contributed by atoms with van der Waals surface area (Å²) in [6.07, 6.45) is 1.35. The normalized spacial score (nSPS) is 24.5. The highest BCUT2D eigenvalue weighted by molar-refractivity contribution is 4.83. The summed E-state index contributed by atoms with van der Waals surface area (Å²) in [6, 6.07) is 0.685. The molecule has 0 saturated carbocycles. The van der Waals surface area contributed by atoms with E-state index in [-0.39, 0.29) is 5.54 Å². The Morgan fingerprint density at radius 3 is 2.53 bits per heavy atom. The summed E-state index contributed by atoms with van der Waals surface area (Å²) in [4.78, 5) is 4.92. The predicted molar refractivity (Wildman–Crippen MR) is 75.5 cm³/mol. The third-order valence-corrected chi connectivity index (χ3v) is 3.49. The molecule has 0 spiro atoms. The second-order valence-electron chi connectivity index (χ2n) is 6.89. The maximum Gasteiger partial charge on any atom is 0.0194 e. The number of rotatable bonds is 5. The standard InChI is InChI=1S/C14H31N3/c1-12(10-16(5)6)17-8-7-13(11-17)9-15-14(2,3)4/h12-13,15H,7-11H2,1-6H3. The Morgan fingerprint density at radius 1 is 1.35 bits per heavy atom. The lowest BCUT2D eigenvalue weighted by molar-refractivity contribution is 0.201. The summed E-state index contributed by atoms with van der Waals surface area (Å²) in [5.41, 5.74) is 0.253. The molecule has 1 rings (SSSR count). The number of nitrogens with zero attached hydrogens (tertiary/aromatic N) is 2. The van der Waals surface area contributed by atoms with Crippen LogP contribution in [0.5, 0.6) is 0 Å². The SMILES string of the molecule is CC(CN(C)C)N1CCC(CNC(C)(C)C)C1. The molecule has 1 saturated heterocycles. The van der Waals surface area contributed by atoms with E-state index in [1.165, 1.54) is 26.1 Å². The molecule has 0 aliphatic carbocycles. The molecule has 0 amide bonds. The Kier molecular flexibility index (Phi) is 5.42. The molecule has 2 atom stereocenters. The lowest BCUT2D eigenvalue weighted by Gasteiger charge is -2.27. The molecule has 102 valence electrons. The van der Waals surface area contributed by atoms with Crippen LogP contribution in [0.3, 0.4) is 0 Å². The zero-order chi connectivity index (χ0) is 13.1. The van der Waals surface area contributed by atoms with Crippen LogP contribution in [-0.2, 0) is 0 Å². The van der Waals surface area contributed by atoms with Crippen LogP contribution in [-0.4, -0.2) is 61.7 Å². The van der Waals surface area contributed by atoms with Crippen LogP contribution in [0.4, 0.5) is 0 Å². The van der Waals surface area contributed by atoms with Crippen molar-refractivity contribution in [1.82, 2.24) is 15.1 Å². The van der Waals surface area contributed by atoms with Gasteiger partial charge in [-0.1, -0.05) is 0 Å². The van der Waals surface area contributed by atoms with Gasteiger partial charge in [0.15, 0.2) is 0 Å². The number of nitrogens with one attached hydrogen (secondary N) is 1. The second kappa shape index (κ2) is 6.17. The Balaban J connectivity index is 2.27. The molecule has 1 aliphatic rings. The van der Waals surface area contributed by atoms with E-state index in [0.717, 1.165) is 12.5 Å². The first-order valence-electron chi connectivity index (χ1n) is 6.92. The quantitative estimate of drug-likeness (QED) is 0.789. The molecule has 17 heavy (non-hydrogen) atoms. The fourth-order valence-electron chi connectivity index (χ4n) is 2.52. The van der Waals surface area contributed by atoms with E-state index in [9.17, 15) is 0 Å². The van der Waals surface area contributed by atoms with Gasteiger partial charge in [-0.25, -0.2) is 0 Å². The van der Waals surface area contributed by atoms with E-state index in [4.69, 9.17) is 0 Å². The molecule has 1 N–H and O–H groups in total. The largest absolute Gasteiger partial charge is 0.312 e. The molecule has 1 heterocycles. The van der Waals surface area contributed by atoms with Crippen molar-refractivity contribution in [2.24, 2.45) is 5.92 Å². The first kappa shape index (κ1) is 14.9. The molecule has 0 bridgehead atoms. The summed E-state index contributed by atoms with van der Waals surface area (Å²) in [5.74, 6) is 0.832. The first-order chi connectivity index (χ1) is 7.78. The van der Waals surface area contributed by atoms with E-state index in [2.05, 4.69) is 56.9 Å². The molecule has 3 heteroatoms. The molecule has 0 aromatic heterocycles. The van der Waals surface area contributed by atoms with Gasteiger partial charge in [0, 0.05) is 24.7 Å². The molecular weight excluding hydrogens is 210 g/mol. The van der Waals surface area contributed by atoms with E-state index in [1.807, 2.05) is 0 Å². The average Bonchev–Trinajstić information content (AvgIpc) is 2.60. The number of hydrogen-bond donors (Lipinski definition) is 1. The van der Waals surface area contributed by atoms with Crippen molar-refractivity contribution < 1.29 is 0 Å². The fraction of sp³-hybridized carbons (Fsp3) is 1.00. The number of hydrogen-bond acceptors (Lipinski definition) is 3. The summed E-state index contributed by atoms with van der Waals surface area (Å²) in [7, 11) is 4.32. The summed E-state index contributed by atoms with van der Waals surface area (Å²) in [6.45, 7) is 13.9. The maximum atomic E-state index is 3.63. The van der Waals surface area contributed by atoms with Crippen LogP contribution in [0, 0.1) is 5.92 Å². The van der Waals surface area contributed by atoms with Gasteiger partial charge in [-0.3, -0.25) is 4.90 Å². The van der Waals surface area contributed by atoms with E-state index in [0.29, 0.717) is 6.04 Å². The van der Waals surface area contributed by atoms with E-state index < -0.39 is 0 Å². The maximum absolute atomic E-state index is 3.63. The predicted octanol–water partition coefficient (Wildman–Crippen LogP) is 1.65. The van der Waals surface area contributed by atoms with Crippen molar-refractivity contribution in [3.63, 3.8) is 0 Å². The van der Waals surface area contributed by atoms with Gasteiger partial charge in [-0.05, 0) is 67.2 Å². The molecule has 3 nitrogen and oxygen atoms in total. The van der Waals surface area contributed by atoms with E-state index >= 15 is 0 Å². The van der Waals surface area contributed by atoms with Crippen molar-refractivity contribution in [1.29, 1.82) is 0 Å². The van der Waals surface area contributed by atoms with Gasteiger partial charge < -0.3 is 10.2 Å².